The summed E-state index contributed by atoms with van der Waals surface area (Å²) in [5, 5.41) is 17.8. The molecular weight excluding hydrogens is 673 g/mol. The van der Waals surface area contributed by atoms with Gasteiger partial charge >= 0.3 is 5.97 Å². The fourth-order valence-corrected chi connectivity index (χ4v) is 7.99. The van der Waals surface area contributed by atoms with E-state index in [0.29, 0.717) is 42.4 Å². The molecule has 0 aliphatic carbocycles. The van der Waals surface area contributed by atoms with Crippen molar-refractivity contribution in [2.24, 2.45) is 14.1 Å². The molecule has 1 N–H and O–H groups in total. The number of benzene rings is 3. The number of carboxylic acids is 1. The molecule has 1 amide bonds. The smallest absolute Gasteiger partial charge is 0.335 e. The number of aryl methyl sites for hydroxylation is 6. The Bertz CT molecular complexity index is 2360. The average Bonchev–Trinajstić information content (AvgIpc) is 3.70. The van der Waals surface area contributed by atoms with Gasteiger partial charge in [0, 0.05) is 65.5 Å². The third-order valence-electron chi connectivity index (χ3n) is 10.1. The lowest BCUT2D eigenvalue weighted by Crippen LogP contribution is -2.43. The molecule has 0 spiro atoms. The van der Waals surface area contributed by atoms with Crippen LogP contribution in [0.5, 0.6) is 5.75 Å². The zero-order valence-electron chi connectivity index (χ0n) is 29.2. The van der Waals surface area contributed by atoms with Crippen LogP contribution in [0.3, 0.4) is 0 Å². The summed E-state index contributed by atoms with van der Waals surface area (Å²) in [4.78, 5) is 29.0. The molecule has 9 nitrogen and oxygen atoms in total. The fourth-order valence-electron chi connectivity index (χ4n) is 7.64. The minimum atomic E-state index is -1.05. The van der Waals surface area contributed by atoms with Gasteiger partial charge in [-0.15, -0.1) is 0 Å². The van der Waals surface area contributed by atoms with E-state index in [1.807, 2.05) is 87.6 Å². The molecule has 0 fully saturated rings. The minimum Gasteiger partial charge on any atom is -0.494 e. The van der Waals surface area contributed by atoms with Crippen molar-refractivity contribution < 1.29 is 19.4 Å². The van der Waals surface area contributed by atoms with Crippen LogP contribution in [0, 0.1) is 27.7 Å². The average molecular weight is 713 g/mol. The van der Waals surface area contributed by atoms with Crippen molar-refractivity contribution in [2.75, 3.05) is 18.1 Å². The van der Waals surface area contributed by atoms with Gasteiger partial charge < -0.3 is 23.9 Å². The molecule has 11 heteroatoms. The topological polar surface area (TPSA) is 94.5 Å². The van der Waals surface area contributed by atoms with Crippen LogP contribution < -0.4 is 9.64 Å². The molecule has 0 saturated heterocycles. The number of aromatic carboxylic acids is 1. The Balaban J connectivity index is 1.39. The van der Waals surface area contributed by atoms with Gasteiger partial charge in [0.05, 0.1) is 39.6 Å². The summed E-state index contributed by atoms with van der Waals surface area (Å²) >= 11 is 13.5. The van der Waals surface area contributed by atoms with Crippen LogP contribution in [0.25, 0.3) is 32.9 Å². The monoisotopic (exact) mass is 711 g/mol. The third kappa shape index (κ3) is 5.34. The maximum atomic E-state index is 15.0. The quantitative estimate of drug-likeness (QED) is 0.159. The van der Waals surface area contributed by atoms with Crippen molar-refractivity contribution in [1.82, 2.24) is 18.9 Å². The number of carbonyl (C=O) groups is 2. The van der Waals surface area contributed by atoms with Crippen molar-refractivity contribution in [2.45, 2.75) is 53.5 Å². The number of rotatable bonds is 8. The number of ether oxygens (including phenoxy) is 1. The predicted molar refractivity (Wildman–Crippen MR) is 200 cm³/mol. The number of nitrogens with zero attached hydrogens (tertiary/aromatic N) is 5. The Morgan fingerprint density at radius 2 is 1.72 bits per heavy atom. The van der Waals surface area contributed by atoms with Gasteiger partial charge in [-0.1, -0.05) is 29.3 Å². The zero-order chi connectivity index (χ0) is 35.8. The molecule has 0 unspecified atom stereocenters. The van der Waals surface area contributed by atoms with E-state index in [9.17, 15) is 14.7 Å². The largest absolute Gasteiger partial charge is 0.494 e. The Morgan fingerprint density at radius 1 is 1.00 bits per heavy atom. The SMILES string of the molecule is Cc1cc(OCCCc2c3n(c4c(-c5c(C)nn(C)c5C)c(Cl)ccc24)[C@@H](C)CN(c2cc(C(=O)O)cc4c2ccn4C)C3=O)cc(C)c1Cl. The molecule has 258 valence electrons. The summed E-state index contributed by atoms with van der Waals surface area (Å²) in [5.74, 6) is -0.478. The van der Waals surface area contributed by atoms with Crippen LogP contribution in [0.2, 0.25) is 10.0 Å². The second-order valence-electron chi connectivity index (χ2n) is 13.4. The predicted octanol–water partition coefficient (Wildman–Crippen LogP) is 9.01. The Labute approximate surface area is 300 Å². The van der Waals surface area contributed by atoms with E-state index in [0.717, 1.165) is 71.8 Å². The van der Waals surface area contributed by atoms with E-state index in [1.165, 1.54) is 0 Å². The van der Waals surface area contributed by atoms with E-state index >= 15 is 0 Å². The van der Waals surface area contributed by atoms with Gasteiger partial charge in [-0.25, -0.2) is 4.79 Å². The van der Waals surface area contributed by atoms with Gasteiger partial charge in [0.15, 0.2) is 0 Å². The summed E-state index contributed by atoms with van der Waals surface area (Å²) < 4.78 is 12.1. The van der Waals surface area contributed by atoms with E-state index in [2.05, 4.69) is 11.5 Å². The van der Waals surface area contributed by atoms with Crippen molar-refractivity contribution in [3.63, 3.8) is 0 Å². The molecule has 7 rings (SSSR count). The highest BCUT2D eigenvalue weighted by Gasteiger charge is 2.37. The highest BCUT2D eigenvalue weighted by molar-refractivity contribution is 6.35. The fraction of sp³-hybridized carbons (Fsp3) is 0.308. The van der Waals surface area contributed by atoms with Crippen molar-refractivity contribution >= 4 is 62.6 Å². The molecule has 3 aromatic carbocycles. The van der Waals surface area contributed by atoms with E-state index in [1.54, 1.807) is 17.0 Å². The van der Waals surface area contributed by atoms with Crippen LogP contribution >= 0.6 is 23.2 Å². The molecule has 0 saturated carbocycles. The van der Waals surface area contributed by atoms with Crippen molar-refractivity contribution in [3.8, 4) is 16.9 Å². The van der Waals surface area contributed by atoms with Gasteiger partial charge in [0.25, 0.3) is 5.91 Å². The van der Waals surface area contributed by atoms with Gasteiger partial charge in [-0.3, -0.25) is 9.48 Å². The molecule has 0 bridgehead atoms. The summed E-state index contributed by atoms with van der Waals surface area (Å²) in [7, 11) is 3.79. The number of carboxylic acid groups (broad SMARTS) is 1. The van der Waals surface area contributed by atoms with Crippen molar-refractivity contribution in [3.05, 3.63) is 98.0 Å². The second-order valence-corrected chi connectivity index (χ2v) is 14.2. The van der Waals surface area contributed by atoms with Gasteiger partial charge in [0.1, 0.15) is 11.4 Å². The zero-order valence-corrected chi connectivity index (χ0v) is 30.7. The molecule has 3 aromatic heterocycles. The summed E-state index contributed by atoms with van der Waals surface area (Å²) in [6.07, 6.45) is 3.10. The first-order chi connectivity index (χ1) is 23.8. The van der Waals surface area contributed by atoms with Crippen LogP contribution in [0.15, 0.2) is 48.7 Å². The Morgan fingerprint density at radius 3 is 2.38 bits per heavy atom. The molecule has 1 aliphatic rings. The molecule has 6 aromatic rings. The van der Waals surface area contributed by atoms with E-state index < -0.39 is 5.97 Å². The second kappa shape index (κ2) is 12.5. The standard InChI is InChI=1S/C39H39Cl2N5O4/c1-20-15-26(16-21(2)35(20)41)50-14-8-9-27-28-10-11-30(40)34(33-23(4)42-44(7)24(33)5)36(28)46-22(3)19-45(38(47)37(27)46)32-18-25(39(48)49)17-31-29(32)12-13-43(31)6/h10-13,15-18,22H,8-9,14,19H2,1-7H3,(H,48,49)/t22-/m0/s1. The summed E-state index contributed by atoms with van der Waals surface area (Å²) in [6, 6.07) is 12.8. The lowest BCUT2D eigenvalue weighted by atomic mass is 9.98. The first kappa shape index (κ1) is 33.8. The maximum absolute atomic E-state index is 15.0. The highest BCUT2D eigenvalue weighted by atomic mass is 35.5. The first-order valence-electron chi connectivity index (χ1n) is 16.7. The third-order valence-corrected chi connectivity index (χ3v) is 11.0. The van der Waals surface area contributed by atoms with Gasteiger partial charge in [0.2, 0.25) is 0 Å². The highest BCUT2D eigenvalue weighted by Crippen LogP contribution is 2.45. The Kier molecular flexibility index (Phi) is 8.47. The van der Waals surface area contributed by atoms with Crippen molar-refractivity contribution in [1.29, 1.82) is 0 Å². The van der Waals surface area contributed by atoms with Gasteiger partial charge in [-0.2, -0.15) is 5.10 Å². The van der Waals surface area contributed by atoms with Crippen LogP contribution in [0.1, 0.15) is 68.3 Å². The van der Waals surface area contributed by atoms with Crippen LogP contribution in [-0.4, -0.2) is 49.0 Å². The maximum Gasteiger partial charge on any atom is 0.335 e. The number of hydrogen-bond acceptors (Lipinski definition) is 4. The van der Waals surface area contributed by atoms with E-state index in [-0.39, 0.29) is 17.5 Å². The molecule has 0 radical (unpaired) electrons. The lowest BCUT2D eigenvalue weighted by molar-refractivity contribution is 0.0696. The number of aromatic nitrogens is 4. The first-order valence-corrected chi connectivity index (χ1v) is 17.4. The number of halogens is 2. The van der Waals surface area contributed by atoms with Crippen LogP contribution in [0.4, 0.5) is 5.69 Å². The minimum absolute atomic E-state index is 0.127. The Hall–Kier alpha value is -4.73. The molecule has 1 atom stereocenters. The van der Waals surface area contributed by atoms with Crippen LogP contribution in [-0.2, 0) is 20.5 Å². The normalized spacial score (nSPS) is 14.6. The number of hydrogen-bond donors (Lipinski definition) is 1. The number of fused-ring (bicyclic) bond motifs is 4. The molecule has 4 heterocycles. The number of carbonyl (C=O) groups excluding carboxylic acids is 1. The molecule has 1 aliphatic heterocycles. The molecular formula is C39H39Cl2N5O4. The van der Waals surface area contributed by atoms with Gasteiger partial charge in [-0.05, 0) is 101 Å². The molecule has 50 heavy (non-hydrogen) atoms. The summed E-state index contributed by atoms with van der Waals surface area (Å²) in [6.45, 7) is 10.8. The number of amides is 1. The summed E-state index contributed by atoms with van der Waals surface area (Å²) in [5.41, 5.74) is 9.38. The van der Waals surface area contributed by atoms with E-state index in [4.69, 9.17) is 33.0 Å². The lowest BCUT2D eigenvalue weighted by Gasteiger charge is -2.35. The number of anilines is 1.